The number of nitrogens with zero attached hydrogens (tertiary/aromatic N) is 1. The molecule has 3 rings (SSSR count). The lowest BCUT2D eigenvalue weighted by atomic mass is 10.1. The van der Waals surface area contributed by atoms with Crippen molar-refractivity contribution in [3.8, 4) is 27.6 Å². The molecule has 0 radical (unpaired) electrons. The Kier molecular flexibility index (Phi) is 3.59. The number of thioether (sulfide) groups is 1. The molecule has 5 heteroatoms. The van der Waals surface area contributed by atoms with Crippen LogP contribution < -0.4 is 0 Å². The van der Waals surface area contributed by atoms with Crippen LogP contribution in [0.2, 0.25) is 0 Å². The fraction of sp³-hybridized carbons (Fsp3) is 0.0714. The summed E-state index contributed by atoms with van der Waals surface area (Å²) in [5.41, 5.74) is 2.80. The molecule has 0 amide bonds. The Morgan fingerprint density at radius 1 is 1.11 bits per heavy atom. The Labute approximate surface area is 123 Å². The molecule has 0 spiro atoms. The van der Waals surface area contributed by atoms with Gasteiger partial charge in [0.25, 0.3) is 0 Å². The van der Waals surface area contributed by atoms with Gasteiger partial charge in [-0.1, -0.05) is 12.1 Å². The summed E-state index contributed by atoms with van der Waals surface area (Å²) in [5, 5.41) is 14.9. The van der Waals surface area contributed by atoms with Crippen molar-refractivity contribution in [2.24, 2.45) is 0 Å². The largest absolute Gasteiger partial charge is 0.507 e. The first-order valence-electron chi connectivity index (χ1n) is 5.65. The number of hydrogen-bond donors (Lipinski definition) is 1. The molecule has 2 aromatic heterocycles. The fourth-order valence-electron chi connectivity index (χ4n) is 1.82. The third kappa shape index (κ3) is 2.41. The zero-order chi connectivity index (χ0) is 13.2. The van der Waals surface area contributed by atoms with Gasteiger partial charge in [-0.25, -0.2) is 4.98 Å². The highest BCUT2D eigenvalue weighted by atomic mass is 32.2. The Hall–Kier alpha value is -1.30. The minimum Gasteiger partial charge on any atom is -0.507 e. The second kappa shape index (κ2) is 5.36. The molecule has 0 atom stereocenters. The Morgan fingerprint density at radius 2 is 1.95 bits per heavy atom. The molecule has 0 saturated carbocycles. The van der Waals surface area contributed by atoms with Gasteiger partial charge in [0.2, 0.25) is 0 Å². The van der Waals surface area contributed by atoms with Crippen LogP contribution >= 0.6 is 34.4 Å². The maximum atomic E-state index is 9.87. The predicted molar refractivity (Wildman–Crippen MR) is 84.3 cm³/mol. The van der Waals surface area contributed by atoms with E-state index in [0.29, 0.717) is 0 Å². The number of benzene rings is 1. The zero-order valence-corrected chi connectivity index (χ0v) is 12.6. The maximum Gasteiger partial charge on any atom is 0.126 e. The number of phenols is 1. The smallest absolute Gasteiger partial charge is 0.126 e. The Balaban J connectivity index is 2.03. The maximum absolute atomic E-state index is 9.87. The van der Waals surface area contributed by atoms with Crippen LogP contribution in [0, 0.1) is 0 Å². The molecule has 0 unspecified atom stereocenters. The molecule has 2 nitrogen and oxygen atoms in total. The number of thiazole rings is 1. The van der Waals surface area contributed by atoms with Crippen molar-refractivity contribution >= 4 is 34.4 Å². The molecule has 0 bridgehead atoms. The van der Waals surface area contributed by atoms with E-state index in [1.54, 1.807) is 40.5 Å². The van der Waals surface area contributed by atoms with Gasteiger partial charge >= 0.3 is 0 Å². The molecule has 19 heavy (non-hydrogen) atoms. The van der Waals surface area contributed by atoms with Crippen LogP contribution in [0.3, 0.4) is 0 Å². The molecular weight excluding hydrogens is 294 g/mol. The number of aromatic nitrogens is 1. The first-order chi connectivity index (χ1) is 9.29. The van der Waals surface area contributed by atoms with Crippen LogP contribution in [0.5, 0.6) is 5.75 Å². The minimum absolute atomic E-state index is 0.273. The van der Waals surface area contributed by atoms with Crippen LogP contribution in [0.4, 0.5) is 0 Å². The molecule has 1 aromatic carbocycles. The van der Waals surface area contributed by atoms with E-state index < -0.39 is 0 Å². The first kappa shape index (κ1) is 12.7. The summed E-state index contributed by atoms with van der Waals surface area (Å²) >= 11 is 5.09. The van der Waals surface area contributed by atoms with E-state index in [0.717, 1.165) is 16.3 Å². The lowest BCUT2D eigenvalue weighted by molar-refractivity contribution is 0.477. The van der Waals surface area contributed by atoms with Gasteiger partial charge in [-0.3, -0.25) is 0 Å². The average Bonchev–Trinajstić information content (AvgIpc) is 3.07. The normalized spacial score (nSPS) is 10.8. The van der Waals surface area contributed by atoms with E-state index in [1.165, 1.54) is 9.77 Å². The summed E-state index contributed by atoms with van der Waals surface area (Å²) < 4.78 is 1.28. The predicted octanol–water partition coefficient (Wildman–Crippen LogP) is 4.97. The van der Waals surface area contributed by atoms with Crippen LogP contribution in [-0.2, 0) is 0 Å². The lowest BCUT2D eigenvalue weighted by Gasteiger charge is -1.99. The number of thiophene rings is 1. The number of aromatic hydroxyl groups is 1. The van der Waals surface area contributed by atoms with Crippen molar-refractivity contribution in [3.63, 3.8) is 0 Å². The quantitative estimate of drug-likeness (QED) is 0.694. The van der Waals surface area contributed by atoms with Crippen molar-refractivity contribution in [1.82, 2.24) is 4.98 Å². The second-order valence-corrected chi connectivity index (χ2v) is 6.73. The fourth-order valence-corrected chi connectivity index (χ4v) is 4.36. The molecule has 0 fully saturated rings. The van der Waals surface area contributed by atoms with Crippen LogP contribution in [0.25, 0.3) is 21.8 Å². The van der Waals surface area contributed by atoms with Crippen molar-refractivity contribution < 1.29 is 5.11 Å². The highest BCUT2D eigenvalue weighted by Gasteiger charge is 2.12. The van der Waals surface area contributed by atoms with E-state index >= 15 is 0 Å². The molecule has 1 N–H and O–H groups in total. The summed E-state index contributed by atoms with van der Waals surface area (Å²) in [4.78, 5) is 4.64. The Morgan fingerprint density at radius 3 is 2.74 bits per heavy atom. The van der Waals surface area contributed by atoms with Crippen molar-refractivity contribution in [2.45, 2.75) is 4.21 Å². The van der Waals surface area contributed by atoms with Crippen LogP contribution in [0.1, 0.15) is 0 Å². The summed E-state index contributed by atoms with van der Waals surface area (Å²) in [6, 6.07) is 9.40. The summed E-state index contributed by atoms with van der Waals surface area (Å²) in [6.45, 7) is 0. The zero-order valence-electron chi connectivity index (χ0n) is 10.2. The molecule has 3 aromatic rings. The van der Waals surface area contributed by atoms with Gasteiger partial charge in [0, 0.05) is 16.5 Å². The average molecular weight is 305 g/mol. The second-order valence-electron chi connectivity index (χ2n) is 3.88. The SMILES string of the molecule is CSc1sccc1-c1nc(-c2ccccc2O)cs1. The van der Waals surface area contributed by atoms with Gasteiger partial charge in [0.1, 0.15) is 10.8 Å². The van der Waals surface area contributed by atoms with Gasteiger partial charge in [-0.15, -0.1) is 34.4 Å². The van der Waals surface area contributed by atoms with Gasteiger partial charge in [-0.05, 0) is 29.8 Å². The molecule has 96 valence electrons. The van der Waals surface area contributed by atoms with E-state index in [4.69, 9.17) is 0 Å². The summed E-state index contributed by atoms with van der Waals surface area (Å²) in [7, 11) is 0. The van der Waals surface area contributed by atoms with Gasteiger partial charge < -0.3 is 5.11 Å². The molecule has 0 aliphatic carbocycles. The molecule has 0 saturated heterocycles. The third-order valence-corrected chi connectivity index (χ3v) is 5.69. The highest BCUT2D eigenvalue weighted by Crippen LogP contribution is 2.38. The van der Waals surface area contributed by atoms with Crippen LogP contribution in [0.15, 0.2) is 45.3 Å². The van der Waals surface area contributed by atoms with Crippen LogP contribution in [-0.4, -0.2) is 16.3 Å². The van der Waals surface area contributed by atoms with Crippen molar-refractivity contribution in [1.29, 1.82) is 0 Å². The summed E-state index contributed by atoms with van der Waals surface area (Å²) in [6.07, 6.45) is 2.08. The van der Waals surface area contributed by atoms with Crippen molar-refractivity contribution in [2.75, 3.05) is 6.26 Å². The number of phenolic OH excluding ortho intramolecular Hbond substituents is 1. The minimum atomic E-state index is 0.273. The molecule has 0 aliphatic heterocycles. The molecule has 2 heterocycles. The van der Waals surface area contributed by atoms with E-state index in [9.17, 15) is 5.11 Å². The topological polar surface area (TPSA) is 33.1 Å². The number of hydrogen-bond acceptors (Lipinski definition) is 5. The van der Waals surface area contributed by atoms with Gasteiger partial charge in [0.15, 0.2) is 0 Å². The summed E-state index contributed by atoms with van der Waals surface area (Å²) in [5.74, 6) is 0.273. The van der Waals surface area contributed by atoms with Gasteiger partial charge in [0.05, 0.1) is 9.90 Å². The number of para-hydroxylation sites is 1. The van der Waals surface area contributed by atoms with E-state index in [2.05, 4.69) is 22.7 Å². The van der Waals surface area contributed by atoms with Crippen molar-refractivity contribution in [3.05, 3.63) is 41.1 Å². The van der Waals surface area contributed by atoms with E-state index in [1.807, 2.05) is 23.6 Å². The highest BCUT2D eigenvalue weighted by molar-refractivity contribution is 8.00. The lowest BCUT2D eigenvalue weighted by Crippen LogP contribution is -1.80. The first-order valence-corrected chi connectivity index (χ1v) is 8.63. The van der Waals surface area contributed by atoms with Gasteiger partial charge in [-0.2, -0.15) is 0 Å². The molecule has 0 aliphatic rings. The third-order valence-electron chi connectivity index (χ3n) is 2.73. The standard InChI is InChI=1S/C14H11NOS3/c1-17-14-10(6-7-18-14)13-15-11(8-19-13)9-4-2-3-5-12(9)16/h2-8,16H,1H3. The molecular formula is C14H11NOS3. The van der Waals surface area contributed by atoms with E-state index in [-0.39, 0.29) is 5.75 Å². The Bertz CT molecular complexity index is 702. The monoisotopic (exact) mass is 305 g/mol. The number of rotatable bonds is 3.